The van der Waals surface area contributed by atoms with Crippen LogP contribution < -0.4 is 0 Å². The average molecular weight is 247 g/mol. The van der Waals surface area contributed by atoms with Crippen LogP contribution in [0, 0.1) is 0 Å². The van der Waals surface area contributed by atoms with Gasteiger partial charge in [0.05, 0.1) is 12.5 Å². The number of aliphatic hydroxyl groups is 2. The quantitative estimate of drug-likeness (QED) is 0.633. The standard InChI is InChI=1S/C10H11ClO5/c11-6-1-5(2-7(12)3-6)10(16)8(13)4-9(14)15/h1-3,8,10,12-13,16H,4H2,(H,14,15). The minimum absolute atomic E-state index is 0.163. The fourth-order valence-corrected chi connectivity index (χ4v) is 1.52. The minimum atomic E-state index is -1.45. The number of carboxylic acid groups (broad SMARTS) is 1. The van der Waals surface area contributed by atoms with Gasteiger partial charge >= 0.3 is 5.97 Å². The van der Waals surface area contributed by atoms with E-state index in [0.29, 0.717) is 0 Å². The molecule has 4 N–H and O–H groups in total. The predicted molar refractivity (Wildman–Crippen MR) is 56.3 cm³/mol. The Kier molecular flexibility index (Phi) is 4.12. The van der Waals surface area contributed by atoms with Crippen molar-refractivity contribution < 1.29 is 25.2 Å². The first kappa shape index (κ1) is 12.8. The third kappa shape index (κ3) is 3.37. The van der Waals surface area contributed by atoms with Gasteiger partial charge in [-0.15, -0.1) is 0 Å². The third-order valence-electron chi connectivity index (χ3n) is 1.99. The molecule has 1 rings (SSSR count). The molecule has 0 heterocycles. The van der Waals surface area contributed by atoms with E-state index in [1.54, 1.807) is 0 Å². The number of aliphatic hydroxyl groups excluding tert-OH is 2. The summed E-state index contributed by atoms with van der Waals surface area (Å²) in [4.78, 5) is 10.3. The normalized spacial score (nSPS) is 14.4. The molecule has 0 aliphatic carbocycles. The van der Waals surface area contributed by atoms with E-state index in [1.165, 1.54) is 18.2 Å². The summed E-state index contributed by atoms with van der Waals surface area (Å²) >= 11 is 5.64. The number of hydrogen-bond donors (Lipinski definition) is 4. The van der Waals surface area contributed by atoms with Crippen molar-refractivity contribution in [3.8, 4) is 5.75 Å². The fourth-order valence-electron chi connectivity index (χ4n) is 1.28. The zero-order valence-electron chi connectivity index (χ0n) is 8.17. The average Bonchev–Trinajstić information content (AvgIpc) is 2.13. The van der Waals surface area contributed by atoms with E-state index in [1.807, 2.05) is 0 Å². The van der Waals surface area contributed by atoms with Crippen molar-refractivity contribution in [3.05, 3.63) is 28.8 Å². The van der Waals surface area contributed by atoms with Crippen molar-refractivity contribution >= 4 is 17.6 Å². The van der Waals surface area contributed by atoms with Crippen molar-refractivity contribution in [2.75, 3.05) is 0 Å². The molecule has 1 aromatic carbocycles. The van der Waals surface area contributed by atoms with Gasteiger partial charge in [-0.2, -0.15) is 0 Å². The number of rotatable bonds is 4. The van der Waals surface area contributed by atoms with Crippen molar-refractivity contribution in [2.45, 2.75) is 18.6 Å². The first-order valence-electron chi connectivity index (χ1n) is 4.47. The van der Waals surface area contributed by atoms with Crippen LogP contribution in [-0.4, -0.2) is 32.5 Å². The molecule has 0 spiro atoms. The molecular formula is C10H11ClO5. The largest absolute Gasteiger partial charge is 0.508 e. The van der Waals surface area contributed by atoms with E-state index in [9.17, 15) is 20.1 Å². The molecule has 6 heteroatoms. The number of halogens is 1. The van der Waals surface area contributed by atoms with Crippen LogP contribution in [0.1, 0.15) is 18.1 Å². The lowest BCUT2D eigenvalue weighted by Crippen LogP contribution is -2.21. The monoisotopic (exact) mass is 246 g/mol. The molecule has 16 heavy (non-hydrogen) atoms. The molecule has 0 bridgehead atoms. The van der Waals surface area contributed by atoms with Crippen molar-refractivity contribution in [1.82, 2.24) is 0 Å². The maximum absolute atomic E-state index is 10.3. The van der Waals surface area contributed by atoms with E-state index in [4.69, 9.17) is 16.7 Å². The summed E-state index contributed by atoms with van der Waals surface area (Å²) < 4.78 is 0. The van der Waals surface area contributed by atoms with Gasteiger partial charge in [-0.25, -0.2) is 0 Å². The van der Waals surface area contributed by atoms with Gasteiger partial charge in [-0.1, -0.05) is 11.6 Å². The van der Waals surface area contributed by atoms with Gasteiger partial charge in [0.1, 0.15) is 11.9 Å². The number of phenols is 1. The summed E-state index contributed by atoms with van der Waals surface area (Å²) in [5.41, 5.74) is 0.166. The van der Waals surface area contributed by atoms with E-state index in [0.717, 1.165) is 0 Å². The number of phenolic OH excluding ortho intramolecular Hbond substituents is 1. The van der Waals surface area contributed by atoms with Crippen molar-refractivity contribution in [1.29, 1.82) is 0 Å². The Morgan fingerprint density at radius 3 is 2.44 bits per heavy atom. The van der Waals surface area contributed by atoms with Gasteiger partial charge in [0.25, 0.3) is 0 Å². The topological polar surface area (TPSA) is 98.0 Å². The van der Waals surface area contributed by atoms with Crippen LogP contribution in [0.15, 0.2) is 18.2 Å². The van der Waals surface area contributed by atoms with Crippen LogP contribution in [0.25, 0.3) is 0 Å². The number of benzene rings is 1. The van der Waals surface area contributed by atoms with Crippen molar-refractivity contribution in [2.24, 2.45) is 0 Å². The molecule has 0 aromatic heterocycles. The van der Waals surface area contributed by atoms with E-state index >= 15 is 0 Å². The second kappa shape index (κ2) is 5.16. The number of hydrogen-bond acceptors (Lipinski definition) is 4. The van der Waals surface area contributed by atoms with E-state index < -0.39 is 24.6 Å². The first-order chi connectivity index (χ1) is 7.40. The zero-order chi connectivity index (χ0) is 12.3. The van der Waals surface area contributed by atoms with Crippen LogP contribution in [0.4, 0.5) is 0 Å². The summed E-state index contributed by atoms with van der Waals surface area (Å²) in [5, 5.41) is 36.8. The predicted octanol–water partition coefficient (Wildman–Crippen LogP) is 0.915. The highest BCUT2D eigenvalue weighted by Gasteiger charge is 2.21. The molecular weight excluding hydrogens is 236 g/mol. The molecule has 2 atom stereocenters. The van der Waals surface area contributed by atoms with Crippen LogP contribution in [0.3, 0.4) is 0 Å². The van der Waals surface area contributed by atoms with E-state index in [-0.39, 0.29) is 16.3 Å². The number of aliphatic carboxylic acids is 1. The first-order valence-corrected chi connectivity index (χ1v) is 4.85. The third-order valence-corrected chi connectivity index (χ3v) is 2.21. The lowest BCUT2D eigenvalue weighted by Gasteiger charge is -2.16. The zero-order valence-corrected chi connectivity index (χ0v) is 8.92. The van der Waals surface area contributed by atoms with Crippen LogP contribution in [0.2, 0.25) is 5.02 Å². The Balaban J connectivity index is 2.86. The molecule has 0 radical (unpaired) electrons. The van der Waals surface area contributed by atoms with Gasteiger partial charge in [0.15, 0.2) is 0 Å². The highest BCUT2D eigenvalue weighted by molar-refractivity contribution is 6.30. The van der Waals surface area contributed by atoms with Gasteiger partial charge in [0, 0.05) is 5.02 Å². The highest BCUT2D eigenvalue weighted by Crippen LogP contribution is 2.26. The summed E-state index contributed by atoms with van der Waals surface area (Å²) in [7, 11) is 0. The van der Waals surface area contributed by atoms with Crippen LogP contribution in [0.5, 0.6) is 5.75 Å². The Morgan fingerprint density at radius 2 is 1.94 bits per heavy atom. The number of carboxylic acids is 1. The van der Waals surface area contributed by atoms with Gasteiger partial charge < -0.3 is 20.4 Å². The van der Waals surface area contributed by atoms with Crippen LogP contribution in [-0.2, 0) is 4.79 Å². The Morgan fingerprint density at radius 1 is 1.31 bits per heavy atom. The van der Waals surface area contributed by atoms with Gasteiger partial charge in [-0.3, -0.25) is 4.79 Å². The molecule has 0 aliphatic rings. The maximum Gasteiger partial charge on any atom is 0.306 e. The minimum Gasteiger partial charge on any atom is -0.508 e. The molecule has 0 saturated carbocycles. The summed E-state index contributed by atoms with van der Waals surface area (Å²) in [6.45, 7) is 0. The smallest absolute Gasteiger partial charge is 0.306 e. The SMILES string of the molecule is O=C(O)CC(O)C(O)c1cc(O)cc(Cl)c1. The maximum atomic E-state index is 10.3. The molecule has 0 amide bonds. The Labute approximate surface area is 96.5 Å². The lowest BCUT2D eigenvalue weighted by atomic mass is 10.0. The summed E-state index contributed by atoms with van der Waals surface area (Å²) in [6.07, 6.45) is -3.44. The molecule has 1 aromatic rings. The molecule has 5 nitrogen and oxygen atoms in total. The molecule has 0 fully saturated rings. The Bertz CT molecular complexity index is 373. The summed E-state index contributed by atoms with van der Waals surface area (Å²) in [6, 6.07) is 3.82. The second-order valence-corrected chi connectivity index (χ2v) is 3.79. The molecule has 88 valence electrons. The van der Waals surface area contributed by atoms with E-state index in [2.05, 4.69) is 0 Å². The van der Waals surface area contributed by atoms with Gasteiger partial charge in [0.2, 0.25) is 0 Å². The molecule has 2 unspecified atom stereocenters. The Hall–Kier alpha value is -1.30. The summed E-state index contributed by atoms with van der Waals surface area (Å²) in [5.74, 6) is -1.39. The highest BCUT2D eigenvalue weighted by atomic mass is 35.5. The van der Waals surface area contributed by atoms with Gasteiger partial charge in [-0.05, 0) is 23.8 Å². The fraction of sp³-hybridized carbons (Fsp3) is 0.300. The number of carbonyl (C=O) groups is 1. The molecule has 0 saturated heterocycles. The van der Waals surface area contributed by atoms with Crippen LogP contribution >= 0.6 is 11.6 Å². The number of aromatic hydroxyl groups is 1. The molecule has 0 aliphatic heterocycles. The van der Waals surface area contributed by atoms with Crippen molar-refractivity contribution in [3.63, 3.8) is 0 Å². The lowest BCUT2D eigenvalue weighted by molar-refractivity contribution is -0.141. The second-order valence-electron chi connectivity index (χ2n) is 3.35.